The van der Waals surface area contributed by atoms with Gasteiger partial charge >= 0.3 is 0 Å². The van der Waals surface area contributed by atoms with Gasteiger partial charge in [-0.15, -0.1) is 0 Å². The van der Waals surface area contributed by atoms with Crippen LogP contribution in [0.2, 0.25) is 0 Å². The standard InChI is InChI=1S/C12H16O4/c1-15-11-3-4-12(16-2)8-6-10(14)9(13)5-7(8)11/h3-4,9-10,13-14H,5-6H2,1-2H3. The zero-order valence-electron chi connectivity index (χ0n) is 9.43. The Bertz CT molecular complexity index is 352. The van der Waals surface area contributed by atoms with E-state index in [0.29, 0.717) is 12.8 Å². The van der Waals surface area contributed by atoms with Crippen molar-refractivity contribution in [1.82, 2.24) is 0 Å². The van der Waals surface area contributed by atoms with Gasteiger partial charge in [0.25, 0.3) is 0 Å². The topological polar surface area (TPSA) is 58.9 Å². The van der Waals surface area contributed by atoms with E-state index in [4.69, 9.17) is 9.47 Å². The van der Waals surface area contributed by atoms with Gasteiger partial charge < -0.3 is 19.7 Å². The highest BCUT2D eigenvalue weighted by Gasteiger charge is 2.29. The summed E-state index contributed by atoms with van der Waals surface area (Å²) in [5.74, 6) is 1.48. The Balaban J connectivity index is 2.50. The molecule has 1 aliphatic rings. The van der Waals surface area contributed by atoms with Gasteiger partial charge in [-0.2, -0.15) is 0 Å². The first-order valence-corrected chi connectivity index (χ1v) is 5.26. The molecule has 16 heavy (non-hydrogen) atoms. The number of ether oxygens (including phenoxy) is 2. The van der Waals surface area contributed by atoms with Crippen molar-refractivity contribution in [1.29, 1.82) is 0 Å². The van der Waals surface area contributed by atoms with Crippen LogP contribution in [0, 0.1) is 0 Å². The summed E-state index contributed by atoms with van der Waals surface area (Å²) in [6.07, 6.45) is -0.657. The molecule has 2 N–H and O–H groups in total. The molecule has 0 amide bonds. The molecule has 0 saturated heterocycles. The fourth-order valence-electron chi connectivity index (χ4n) is 2.17. The smallest absolute Gasteiger partial charge is 0.122 e. The summed E-state index contributed by atoms with van der Waals surface area (Å²) in [6.45, 7) is 0. The molecule has 4 nitrogen and oxygen atoms in total. The summed E-state index contributed by atoms with van der Waals surface area (Å²) in [7, 11) is 3.19. The molecule has 1 aliphatic carbocycles. The van der Waals surface area contributed by atoms with Crippen molar-refractivity contribution in [2.24, 2.45) is 0 Å². The van der Waals surface area contributed by atoms with Crippen LogP contribution in [0.4, 0.5) is 0 Å². The first-order chi connectivity index (χ1) is 7.67. The molecule has 0 aromatic heterocycles. The van der Waals surface area contributed by atoms with Crippen LogP contribution >= 0.6 is 0 Å². The highest BCUT2D eigenvalue weighted by atomic mass is 16.5. The fraction of sp³-hybridized carbons (Fsp3) is 0.500. The van der Waals surface area contributed by atoms with Crippen molar-refractivity contribution in [3.8, 4) is 11.5 Å². The molecule has 0 heterocycles. The van der Waals surface area contributed by atoms with Gasteiger partial charge in [-0.1, -0.05) is 0 Å². The third-order valence-corrected chi connectivity index (χ3v) is 3.06. The SMILES string of the molecule is COc1ccc(OC)c2c1CC(O)C(O)C2. The summed E-state index contributed by atoms with van der Waals surface area (Å²) in [4.78, 5) is 0. The summed E-state index contributed by atoms with van der Waals surface area (Å²) in [5.41, 5.74) is 1.86. The Hall–Kier alpha value is -1.26. The van der Waals surface area contributed by atoms with Crippen molar-refractivity contribution < 1.29 is 19.7 Å². The Kier molecular flexibility index (Phi) is 3.03. The first kappa shape index (κ1) is 11.2. The normalized spacial score (nSPS) is 23.8. The van der Waals surface area contributed by atoms with E-state index in [0.717, 1.165) is 22.6 Å². The largest absolute Gasteiger partial charge is 0.496 e. The van der Waals surface area contributed by atoms with E-state index in [9.17, 15) is 10.2 Å². The number of hydrogen-bond acceptors (Lipinski definition) is 4. The zero-order valence-corrected chi connectivity index (χ0v) is 9.43. The molecule has 2 rings (SSSR count). The van der Waals surface area contributed by atoms with Gasteiger partial charge in [0.15, 0.2) is 0 Å². The molecule has 0 spiro atoms. The van der Waals surface area contributed by atoms with Crippen molar-refractivity contribution in [3.63, 3.8) is 0 Å². The third kappa shape index (κ3) is 1.74. The number of hydrogen-bond donors (Lipinski definition) is 2. The number of fused-ring (bicyclic) bond motifs is 1. The molecule has 1 aromatic rings. The van der Waals surface area contributed by atoms with Gasteiger partial charge in [-0.25, -0.2) is 0 Å². The second-order valence-electron chi connectivity index (χ2n) is 3.97. The zero-order chi connectivity index (χ0) is 11.7. The predicted molar refractivity (Wildman–Crippen MR) is 59.0 cm³/mol. The Morgan fingerprint density at radius 1 is 0.938 bits per heavy atom. The van der Waals surface area contributed by atoms with Gasteiger partial charge in [0, 0.05) is 24.0 Å². The second-order valence-corrected chi connectivity index (χ2v) is 3.97. The highest BCUT2D eigenvalue weighted by Crippen LogP contribution is 2.35. The lowest BCUT2D eigenvalue weighted by molar-refractivity contribution is 0.0132. The summed E-state index contributed by atoms with van der Waals surface area (Å²) in [5, 5.41) is 19.3. The monoisotopic (exact) mass is 224 g/mol. The molecule has 0 aliphatic heterocycles. The molecular weight excluding hydrogens is 208 g/mol. The van der Waals surface area contributed by atoms with Crippen LogP contribution in [-0.2, 0) is 12.8 Å². The van der Waals surface area contributed by atoms with E-state index in [2.05, 4.69) is 0 Å². The minimum Gasteiger partial charge on any atom is -0.496 e. The molecule has 0 fully saturated rings. The van der Waals surface area contributed by atoms with Crippen molar-refractivity contribution in [2.45, 2.75) is 25.0 Å². The highest BCUT2D eigenvalue weighted by molar-refractivity contribution is 5.50. The molecule has 4 heteroatoms. The van der Waals surface area contributed by atoms with Crippen LogP contribution in [0.3, 0.4) is 0 Å². The summed E-state index contributed by atoms with van der Waals surface area (Å²) >= 11 is 0. The van der Waals surface area contributed by atoms with E-state index >= 15 is 0 Å². The summed E-state index contributed by atoms with van der Waals surface area (Å²) in [6, 6.07) is 3.64. The van der Waals surface area contributed by atoms with Crippen LogP contribution in [0.25, 0.3) is 0 Å². The van der Waals surface area contributed by atoms with Crippen LogP contribution in [0.15, 0.2) is 12.1 Å². The van der Waals surface area contributed by atoms with Gasteiger partial charge in [0.2, 0.25) is 0 Å². The van der Waals surface area contributed by atoms with E-state index in [-0.39, 0.29) is 0 Å². The maximum atomic E-state index is 9.66. The number of aliphatic hydroxyl groups is 2. The fourth-order valence-corrected chi connectivity index (χ4v) is 2.17. The van der Waals surface area contributed by atoms with Gasteiger partial charge in [-0.05, 0) is 12.1 Å². The molecule has 1 aromatic carbocycles. The number of rotatable bonds is 2. The second kappa shape index (κ2) is 4.31. The van der Waals surface area contributed by atoms with Crippen molar-refractivity contribution in [2.75, 3.05) is 14.2 Å². The quantitative estimate of drug-likeness (QED) is 0.769. The Morgan fingerprint density at radius 2 is 1.31 bits per heavy atom. The maximum absolute atomic E-state index is 9.66. The molecule has 88 valence electrons. The first-order valence-electron chi connectivity index (χ1n) is 5.26. The van der Waals surface area contributed by atoms with Gasteiger partial charge in [0.05, 0.1) is 26.4 Å². The molecule has 2 atom stereocenters. The average molecular weight is 224 g/mol. The minimum atomic E-state index is -0.728. The maximum Gasteiger partial charge on any atom is 0.122 e. The Morgan fingerprint density at radius 3 is 1.62 bits per heavy atom. The molecule has 0 saturated carbocycles. The van der Waals surface area contributed by atoms with Crippen LogP contribution < -0.4 is 9.47 Å². The minimum absolute atomic E-state index is 0.400. The van der Waals surface area contributed by atoms with Crippen molar-refractivity contribution in [3.05, 3.63) is 23.3 Å². The lowest BCUT2D eigenvalue weighted by Gasteiger charge is -2.28. The number of methoxy groups -OCH3 is 2. The van der Waals surface area contributed by atoms with Gasteiger partial charge in [-0.3, -0.25) is 0 Å². The summed E-state index contributed by atoms with van der Waals surface area (Å²) < 4.78 is 10.5. The van der Waals surface area contributed by atoms with E-state index in [1.165, 1.54) is 0 Å². The number of aliphatic hydroxyl groups excluding tert-OH is 2. The van der Waals surface area contributed by atoms with Crippen LogP contribution in [0.1, 0.15) is 11.1 Å². The molecule has 0 radical (unpaired) electrons. The number of benzene rings is 1. The molecule has 2 unspecified atom stereocenters. The third-order valence-electron chi connectivity index (χ3n) is 3.06. The molecular formula is C12H16O4. The van der Waals surface area contributed by atoms with Gasteiger partial charge in [0.1, 0.15) is 11.5 Å². The average Bonchev–Trinajstić information content (AvgIpc) is 2.29. The van der Waals surface area contributed by atoms with E-state index in [1.54, 1.807) is 14.2 Å². The van der Waals surface area contributed by atoms with E-state index in [1.807, 2.05) is 12.1 Å². The lowest BCUT2D eigenvalue weighted by atomic mass is 9.86. The molecule has 0 bridgehead atoms. The van der Waals surface area contributed by atoms with Crippen molar-refractivity contribution >= 4 is 0 Å². The lowest BCUT2D eigenvalue weighted by Crippen LogP contribution is -2.35. The predicted octanol–water partition coefficient (Wildman–Crippen LogP) is 0.524. The Labute approximate surface area is 94.4 Å². The van der Waals surface area contributed by atoms with Crippen LogP contribution in [0.5, 0.6) is 11.5 Å². The van der Waals surface area contributed by atoms with Crippen LogP contribution in [-0.4, -0.2) is 36.6 Å². The van der Waals surface area contributed by atoms with E-state index < -0.39 is 12.2 Å².